The number of carbonyl (C=O) groups is 1. The van der Waals surface area contributed by atoms with Crippen molar-refractivity contribution < 1.29 is 4.79 Å². The number of imidazole rings is 1. The number of rotatable bonds is 2. The first-order valence-electron chi connectivity index (χ1n) is 9.55. The monoisotopic (exact) mass is 340 g/mol. The van der Waals surface area contributed by atoms with E-state index < -0.39 is 0 Å². The van der Waals surface area contributed by atoms with Crippen LogP contribution in [-0.4, -0.2) is 56.3 Å². The summed E-state index contributed by atoms with van der Waals surface area (Å²) < 4.78 is 1.94. The van der Waals surface area contributed by atoms with Gasteiger partial charge in [-0.1, -0.05) is 0 Å². The maximum absolute atomic E-state index is 13.0. The summed E-state index contributed by atoms with van der Waals surface area (Å²) in [6.07, 6.45) is 8.67. The Balaban J connectivity index is 1.52. The normalized spacial score (nSPS) is 28.0. The molecule has 0 saturated carbocycles. The van der Waals surface area contributed by atoms with Crippen LogP contribution in [0.4, 0.5) is 0 Å². The van der Waals surface area contributed by atoms with Gasteiger partial charge in [-0.15, -0.1) is 0 Å². The number of hydrogen-bond acceptors (Lipinski definition) is 3. The average Bonchev–Trinajstić information content (AvgIpc) is 3.17. The van der Waals surface area contributed by atoms with E-state index in [1.165, 1.54) is 19.3 Å². The van der Waals surface area contributed by atoms with Crippen LogP contribution in [-0.2, 0) is 0 Å². The fourth-order valence-electron chi connectivity index (χ4n) is 4.67. The van der Waals surface area contributed by atoms with E-state index in [4.69, 9.17) is 0 Å². The second kappa shape index (κ2) is 6.45. The van der Waals surface area contributed by atoms with Crippen molar-refractivity contribution >= 4 is 11.6 Å². The molecule has 0 spiro atoms. The number of aromatic nitrogens is 2. The lowest BCUT2D eigenvalue weighted by molar-refractivity contribution is 0.0483. The number of piperidine rings is 1. The van der Waals surface area contributed by atoms with E-state index in [-0.39, 0.29) is 5.91 Å². The third-order valence-electron chi connectivity index (χ3n) is 5.96. The highest BCUT2D eigenvalue weighted by Crippen LogP contribution is 2.30. The molecule has 0 aliphatic carbocycles. The average molecular weight is 340 g/mol. The minimum atomic E-state index is 0.0746. The maximum Gasteiger partial charge on any atom is 0.274 e. The lowest BCUT2D eigenvalue weighted by Crippen LogP contribution is -2.52. The van der Waals surface area contributed by atoms with Gasteiger partial charge in [-0.05, 0) is 64.2 Å². The molecule has 2 aliphatic rings. The molecule has 2 fully saturated rings. The molecule has 0 radical (unpaired) electrons. The number of fused-ring (bicyclic) bond motifs is 1. The molecule has 1 amide bonds. The molecule has 0 N–H and O–H groups in total. The SMILES string of the molecule is Cc1ccn2cc(C(=O)N3CCC[C@H](N4[C@H](C)CC[C@@H]4C)C3)nc2c1. The molecule has 2 aromatic rings. The Morgan fingerprint density at radius 2 is 1.96 bits per heavy atom. The van der Waals surface area contributed by atoms with E-state index in [1.54, 1.807) is 0 Å². The Hall–Kier alpha value is -1.88. The number of carbonyl (C=O) groups excluding carboxylic acids is 1. The van der Waals surface area contributed by atoms with Crippen LogP contribution in [0, 0.1) is 6.92 Å². The molecule has 134 valence electrons. The fraction of sp³-hybridized carbons (Fsp3) is 0.600. The zero-order chi connectivity index (χ0) is 17.6. The van der Waals surface area contributed by atoms with Crippen LogP contribution < -0.4 is 0 Å². The Morgan fingerprint density at radius 1 is 1.20 bits per heavy atom. The number of aryl methyl sites for hydroxylation is 1. The molecule has 4 heterocycles. The lowest BCUT2D eigenvalue weighted by atomic mass is 10.0. The Morgan fingerprint density at radius 3 is 2.72 bits per heavy atom. The predicted molar refractivity (Wildman–Crippen MR) is 98.9 cm³/mol. The second-order valence-corrected chi connectivity index (χ2v) is 7.87. The van der Waals surface area contributed by atoms with Crippen LogP contribution in [0.15, 0.2) is 24.5 Å². The highest BCUT2D eigenvalue weighted by atomic mass is 16.2. The molecule has 0 unspecified atom stereocenters. The number of hydrogen-bond donors (Lipinski definition) is 0. The number of likely N-dealkylation sites (tertiary alicyclic amines) is 2. The number of nitrogens with zero attached hydrogens (tertiary/aromatic N) is 4. The van der Waals surface area contributed by atoms with Crippen LogP contribution in [0.5, 0.6) is 0 Å². The van der Waals surface area contributed by atoms with Crippen LogP contribution in [0.2, 0.25) is 0 Å². The summed E-state index contributed by atoms with van der Waals surface area (Å²) in [6.45, 7) is 8.38. The second-order valence-electron chi connectivity index (χ2n) is 7.87. The molecule has 5 heteroatoms. The molecule has 2 aromatic heterocycles. The van der Waals surface area contributed by atoms with Crippen LogP contribution in [0.1, 0.15) is 55.6 Å². The van der Waals surface area contributed by atoms with E-state index in [9.17, 15) is 4.79 Å². The first kappa shape index (κ1) is 16.6. The molecule has 25 heavy (non-hydrogen) atoms. The summed E-state index contributed by atoms with van der Waals surface area (Å²) in [5.41, 5.74) is 2.57. The summed E-state index contributed by atoms with van der Waals surface area (Å²) >= 11 is 0. The van der Waals surface area contributed by atoms with Gasteiger partial charge in [0.15, 0.2) is 0 Å². The van der Waals surface area contributed by atoms with Crippen molar-refractivity contribution in [1.82, 2.24) is 19.2 Å². The van der Waals surface area contributed by atoms with Gasteiger partial charge in [-0.3, -0.25) is 9.69 Å². The Labute approximate surface area is 149 Å². The molecule has 4 rings (SSSR count). The predicted octanol–water partition coefficient (Wildman–Crippen LogP) is 3.12. The van der Waals surface area contributed by atoms with Crippen molar-refractivity contribution in [2.24, 2.45) is 0 Å². The molecular weight excluding hydrogens is 312 g/mol. The lowest BCUT2D eigenvalue weighted by Gasteiger charge is -2.41. The van der Waals surface area contributed by atoms with Gasteiger partial charge in [0.05, 0.1) is 0 Å². The van der Waals surface area contributed by atoms with E-state index in [0.717, 1.165) is 30.7 Å². The van der Waals surface area contributed by atoms with Crippen LogP contribution in [0.25, 0.3) is 5.65 Å². The summed E-state index contributed by atoms with van der Waals surface area (Å²) in [5, 5.41) is 0. The van der Waals surface area contributed by atoms with E-state index in [0.29, 0.717) is 23.8 Å². The molecule has 3 atom stereocenters. The molecule has 2 saturated heterocycles. The van der Waals surface area contributed by atoms with Gasteiger partial charge in [0, 0.05) is 43.6 Å². The standard InChI is InChI=1S/C20H28N4O/c1-14-8-10-22-13-18(21-19(22)11-14)20(25)23-9-4-5-17(12-23)24-15(2)6-7-16(24)3/h8,10-11,13,15-17H,4-7,9,12H2,1-3H3/t15-,16+,17-/m0/s1. The van der Waals surface area contributed by atoms with Gasteiger partial charge in [0.25, 0.3) is 5.91 Å². The van der Waals surface area contributed by atoms with Crippen molar-refractivity contribution in [2.45, 2.75) is 64.6 Å². The minimum absolute atomic E-state index is 0.0746. The molecule has 0 aromatic carbocycles. The largest absolute Gasteiger partial charge is 0.336 e. The topological polar surface area (TPSA) is 40.9 Å². The maximum atomic E-state index is 13.0. The van der Waals surface area contributed by atoms with Gasteiger partial charge in [0.2, 0.25) is 0 Å². The first-order valence-corrected chi connectivity index (χ1v) is 9.55. The highest BCUT2D eigenvalue weighted by molar-refractivity contribution is 5.93. The Bertz CT molecular complexity index is 773. The van der Waals surface area contributed by atoms with Crippen LogP contribution >= 0.6 is 0 Å². The number of pyridine rings is 1. The zero-order valence-corrected chi connectivity index (χ0v) is 15.5. The summed E-state index contributed by atoms with van der Waals surface area (Å²) in [5.74, 6) is 0.0746. The van der Waals surface area contributed by atoms with Gasteiger partial charge in [-0.2, -0.15) is 0 Å². The van der Waals surface area contributed by atoms with Crippen molar-refractivity contribution in [3.8, 4) is 0 Å². The molecule has 0 bridgehead atoms. The van der Waals surface area contributed by atoms with Crippen molar-refractivity contribution in [2.75, 3.05) is 13.1 Å². The molecule has 2 aliphatic heterocycles. The molecular formula is C20H28N4O. The zero-order valence-electron chi connectivity index (χ0n) is 15.5. The van der Waals surface area contributed by atoms with E-state index >= 15 is 0 Å². The fourth-order valence-corrected chi connectivity index (χ4v) is 4.67. The van der Waals surface area contributed by atoms with Gasteiger partial charge in [-0.25, -0.2) is 4.98 Å². The third-order valence-corrected chi connectivity index (χ3v) is 5.96. The van der Waals surface area contributed by atoms with Gasteiger partial charge in [0.1, 0.15) is 11.3 Å². The quantitative estimate of drug-likeness (QED) is 0.843. The molecule has 5 nitrogen and oxygen atoms in total. The summed E-state index contributed by atoms with van der Waals surface area (Å²) in [6, 6.07) is 5.81. The highest BCUT2D eigenvalue weighted by Gasteiger charge is 2.36. The number of amides is 1. The smallest absolute Gasteiger partial charge is 0.274 e. The summed E-state index contributed by atoms with van der Waals surface area (Å²) in [4.78, 5) is 22.2. The van der Waals surface area contributed by atoms with E-state index in [1.807, 2.05) is 40.8 Å². The van der Waals surface area contributed by atoms with Crippen molar-refractivity contribution in [3.05, 3.63) is 35.8 Å². The minimum Gasteiger partial charge on any atom is -0.336 e. The van der Waals surface area contributed by atoms with E-state index in [2.05, 4.69) is 23.7 Å². The summed E-state index contributed by atoms with van der Waals surface area (Å²) in [7, 11) is 0. The van der Waals surface area contributed by atoms with Gasteiger partial charge < -0.3 is 9.30 Å². The van der Waals surface area contributed by atoms with Gasteiger partial charge >= 0.3 is 0 Å². The van der Waals surface area contributed by atoms with Crippen molar-refractivity contribution in [1.29, 1.82) is 0 Å². The Kier molecular flexibility index (Phi) is 4.28. The third kappa shape index (κ3) is 3.06. The van der Waals surface area contributed by atoms with Crippen LogP contribution in [0.3, 0.4) is 0 Å². The van der Waals surface area contributed by atoms with Crippen molar-refractivity contribution in [3.63, 3.8) is 0 Å². The first-order chi connectivity index (χ1) is 12.0.